The minimum Gasteiger partial charge on any atom is -0.358 e. The molecule has 0 spiro atoms. The van der Waals surface area contributed by atoms with E-state index >= 15 is 0 Å². The van der Waals surface area contributed by atoms with Gasteiger partial charge in [0.2, 0.25) is 5.91 Å². The van der Waals surface area contributed by atoms with Crippen molar-refractivity contribution in [3.8, 4) is 0 Å². The molecule has 0 aliphatic carbocycles. The molecule has 0 radical (unpaired) electrons. The summed E-state index contributed by atoms with van der Waals surface area (Å²) in [5, 5.41) is 2.62. The van der Waals surface area contributed by atoms with E-state index in [9.17, 15) is 4.79 Å². The Morgan fingerprint density at radius 1 is 1.53 bits per heavy atom. The van der Waals surface area contributed by atoms with E-state index < -0.39 is 0 Å². The van der Waals surface area contributed by atoms with Crippen LogP contribution in [-0.2, 0) is 11.3 Å². The molecule has 3 N–H and O–H groups in total. The van der Waals surface area contributed by atoms with Gasteiger partial charge in [0.1, 0.15) is 5.82 Å². The number of likely N-dealkylation sites (N-methyl/N-ethyl adjacent to an activating group) is 1. The van der Waals surface area contributed by atoms with Gasteiger partial charge in [0.25, 0.3) is 0 Å². The summed E-state index contributed by atoms with van der Waals surface area (Å²) in [6, 6.07) is 3.84. The standard InChI is InChI=1S/C12H20N4O/c1-3-6-16(9-12(17)14-2)11-5-4-10(7-13)8-15-11/h4-5,8H,3,6-7,9,13H2,1-2H3,(H,14,17). The van der Waals surface area contributed by atoms with E-state index in [-0.39, 0.29) is 5.91 Å². The average Bonchev–Trinajstić information content (AvgIpc) is 2.38. The molecule has 5 heteroatoms. The predicted octanol–water partition coefficient (Wildman–Crippen LogP) is 0.503. The molecule has 94 valence electrons. The summed E-state index contributed by atoms with van der Waals surface area (Å²) in [4.78, 5) is 17.7. The molecule has 17 heavy (non-hydrogen) atoms. The molecular formula is C12H20N4O. The number of hydrogen-bond donors (Lipinski definition) is 2. The Labute approximate surface area is 102 Å². The first kappa shape index (κ1) is 13.4. The largest absolute Gasteiger partial charge is 0.358 e. The van der Waals surface area contributed by atoms with E-state index in [1.165, 1.54) is 0 Å². The molecule has 0 bridgehead atoms. The molecular weight excluding hydrogens is 216 g/mol. The Balaban J connectivity index is 2.77. The fourth-order valence-electron chi connectivity index (χ4n) is 1.52. The molecule has 0 saturated heterocycles. The zero-order chi connectivity index (χ0) is 12.7. The van der Waals surface area contributed by atoms with E-state index in [4.69, 9.17) is 5.73 Å². The molecule has 0 fully saturated rings. The van der Waals surface area contributed by atoms with Crippen molar-refractivity contribution < 1.29 is 4.79 Å². The Bertz CT molecular complexity index is 350. The summed E-state index contributed by atoms with van der Waals surface area (Å²) >= 11 is 0. The Hall–Kier alpha value is -1.62. The van der Waals surface area contributed by atoms with Crippen molar-refractivity contribution in [2.45, 2.75) is 19.9 Å². The van der Waals surface area contributed by atoms with E-state index in [2.05, 4.69) is 17.2 Å². The Morgan fingerprint density at radius 3 is 2.76 bits per heavy atom. The van der Waals surface area contributed by atoms with Gasteiger partial charge in [-0.3, -0.25) is 4.79 Å². The third kappa shape index (κ3) is 4.03. The van der Waals surface area contributed by atoms with Crippen LogP contribution < -0.4 is 16.0 Å². The average molecular weight is 236 g/mol. The maximum atomic E-state index is 11.4. The lowest BCUT2D eigenvalue weighted by atomic mass is 10.2. The second kappa shape index (κ2) is 6.85. The van der Waals surface area contributed by atoms with Crippen LogP contribution >= 0.6 is 0 Å². The molecule has 0 unspecified atom stereocenters. The number of rotatable bonds is 6. The van der Waals surface area contributed by atoms with Gasteiger partial charge < -0.3 is 16.0 Å². The third-order valence-corrected chi connectivity index (χ3v) is 2.48. The van der Waals surface area contributed by atoms with Crippen LogP contribution in [0.4, 0.5) is 5.82 Å². The highest BCUT2D eigenvalue weighted by atomic mass is 16.1. The quantitative estimate of drug-likeness (QED) is 0.754. The van der Waals surface area contributed by atoms with Gasteiger partial charge in [-0.25, -0.2) is 4.98 Å². The number of carbonyl (C=O) groups excluding carboxylic acids is 1. The SMILES string of the molecule is CCCN(CC(=O)NC)c1ccc(CN)cn1. The fraction of sp³-hybridized carbons (Fsp3) is 0.500. The zero-order valence-electron chi connectivity index (χ0n) is 10.4. The molecule has 1 amide bonds. The third-order valence-electron chi connectivity index (χ3n) is 2.48. The molecule has 1 rings (SSSR count). The van der Waals surface area contributed by atoms with E-state index in [1.54, 1.807) is 13.2 Å². The first-order valence-electron chi connectivity index (χ1n) is 5.81. The van der Waals surface area contributed by atoms with Gasteiger partial charge in [0, 0.05) is 26.3 Å². The van der Waals surface area contributed by atoms with Crippen LogP contribution in [0.5, 0.6) is 0 Å². The summed E-state index contributed by atoms with van der Waals surface area (Å²) in [7, 11) is 1.64. The summed E-state index contributed by atoms with van der Waals surface area (Å²) in [6.07, 6.45) is 2.72. The Kier molecular flexibility index (Phi) is 5.42. The van der Waals surface area contributed by atoms with Crippen LogP contribution in [0.1, 0.15) is 18.9 Å². The number of nitrogens with one attached hydrogen (secondary N) is 1. The summed E-state index contributed by atoms with van der Waals surface area (Å²) < 4.78 is 0. The zero-order valence-corrected chi connectivity index (χ0v) is 10.4. The summed E-state index contributed by atoms with van der Waals surface area (Å²) in [5.74, 6) is 0.802. The minimum absolute atomic E-state index is 0.0110. The van der Waals surface area contributed by atoms with E-state index in [1.807, 2.05) is 17.0 Å². The number of pyridine rings is 1. The van der Waals surface area contributed by atoms with Gasteiger partial charge in [0.05, 0.1) is 6.54 Å². The van der Waals surface area contributed by atoms with Crippen molar-refractivity contribution in [1.82, 2.24) is 10.3 Å². The summed E-state index contributed by atoms with van der Waals surface area (Å²) in [5.41, 5.74) is 6.51. The second-order valence-corrected chi connectivity index (χ2v) is 3.82. The molecule has 0 saturated carbocycles. The predicted molar refractivity (Wildman–Crippen MR) is 68.7 cm³/mol. The van der Waals surface area contributed by atoms with Crippen LogP contribution in [-0.4, -0.2) is 31.0 Å². The highest BCUT2D eigenvalue weighted by molar-refractivity contribution is 5.80. The number of nitrogens with two attached hydrogens (primary N) is 1. The number of carbonyl (C=O) groups is 1. The first-order chi connectivity index (χ1) is 8.21. The van der Waals surface area contributed by atoms with Gasteiger partial charge in [-0.1, -0.05) is 13.0 Å². The van der Waals surface area contributed by atoms with Crippen molar-refractivity contribution in [2.75, 3.05) is 25.0 Å². The van der Waals surface area contributed by atoms with Gasteiger partial charge in [0.15, 0.2) is 0 Å². The highest BCUT2D eigenvalue weighted by Crippen LogP contribution is 2.11. The molecule has 1 heterocycles. The van der Waals surface area contributed by atoms with Crippen LogP contribution in [0.25, 0.3) is 0 Å². The van der Waals surface area contributed by atoms with Gasteiger partial charge >= 0.3 is 0 Å². The van der Waals surface area contributed by atoms with Crippen molar-refractivity contribution >= 4 is 11.7 Å². The number of hydrogen-bond acceptors (Lipinski definition) is 4. The maximum Gasteiger partial charge on any atom is 0.239 e. The monoisotopic (exact) mass is 236 g/mol. The fourth-order valence-corrected chi connectivity index (χ4v) is 1.52. The van der Waals surface area contributed by atoms with E-state index in [0.717, 1.165) is 24.3 Å². The van der Waals surface area contributed by atoms with Crippen molar-refractivity contribution in [2.24, 2.45) is 5.73 Å². The van der Waals surface area contributed by atoms with Crippen LogP contribution in [0.2, 0.25) is 0 Å². The van der Waals surface area contributed by atoms with Crippen molar-refractivity contribution in [1.29, 1.82) is 0 Å². The lowest BCUT2D eigenvalue weighted by molar-refractivity contribution is -0.119. The lowest BCUT2D eigenvalue weighted by Gasteiger charge is -2.22. The Morgan fingerprint density at radius 2 is 2.29 bits per heavy atom. The normalized spacial score (nSPS) is 10.1. The van der Waals surface area contributed by atoms with Crippen molar-refractivity contribution in [3.05, 3.63) is 23.9 Å². The number of anilines is 1. The lowest BCUT2D eigenvalue weighted by Crippen LogP contribution is -2.36. The highest BCUT2D eigenvalue weighted by Gasteiger charge is 2.10. The number of aromatic nitrogens is 1. The molecule has 1 aromatic rings. The van der Waals surface area contributed by atoms with Gasteiger partial charge in [-0.15, -0.1) is 0 Å². The van der Waals surface area contributed by atoms with Crippen molar-refractivity contribution in [3.63, 3.8) is 0 Å². The summed E-state index contributed by atoms with van der Waals surface area (Å²) in [6.45, 7) is 3.70. The molecule has 0 aromatic carbocycles. The molecule has 5 nitrogen and oxygen atoms in total. The maximum absolute atomic E-state index is 11.4. The minimum atomic E-state index is -0.0110. The number of nitrogens with zero attached hydrogens (tertiary/aromatic N) is 2. The van der Waals surface area contributed by atoms with Crippen LogP contribution in [0.15, 0.2) is 18.3 Å². The second-order valence-electron chi connectivity index (χ2n) is 3.82. The van der Waals surface area contributed by atoms with Gasteiger partial charge in [-0.05, 0) is 18.1 Å². The van der Waals surface area contributed by atoms with Gasteiger partial charge in [-0.2, -0.15) is 0 Å². The molecule has 0 atom stereocenters. The topological polar surface area (TPSA) is 71.2 Å². The number of amides is 1. The molecule has 0 aliphatic heterocycles. The molecule has 0 aliphatic rings. The van der Waals surface area contributed by atoms with Crippen LogP contribution in [0, 0.1) is 0 Å². The molecule has 1 aromatic heterocycles. The van der Waals surface area contributed by atoms with E-state index in [0.29, 0.717) is 13.1 Å². The smallest absolute Gasteiger partial charge is 0.239 e. The van der Waals surface area contributed by atoms with Crippen LogP contribution in [0.3, 0.4) is 0 Å². The first-order valence-corrected chi connectivity index (χ1v) is 5.81.